The highest BCUT2D eigenvalue weighted by molar-refractivity contribution is 14.1. The topological polar surface area (TPSA) is 0 Å². The third-order valence-electron chi connectivity index (χ3n) is 0.271. The molecule has 0 radical (unpaired) electrons. The third kappa shape index (κ3) is 5.31. The molecule has 0 saturated carbocycles. The number of hydrogen-bond donors (Lipinski definition) is 1. The van der Waals surface area contributed by atoms with Crippen LogP contribution in [0.2, 0.25) is 0 Å². The standard InChI is InChI=1S/C2H5BIPS/c1-2(4)5-3-6/h3,5-6H,1H2. The molecular weight excluding hydrogens is 225 g/mol. The molecule has 1 unspecified atom stereocenters. The first-order chi connectivity index (χ1) is 2.77. The van der Waals surface area contributed by atoms with E-state index < -0.39 is 0 Å². The maximum Gasteiger partial charge on any atom is 0.217 e. The van der Waals surface area contributed by atoms with Gasteiger partial charge in [0.1, 0.15) is 0 Å². The molecule has 4 heteroatoms. The average molecular weight is 230 g/mol. The van der Waals surface area contributed by atoms with Gasteiger partial charge in [0.15, 0.2) is 0 Å². The third-order valence-corrected chi connectivity index (χ3v) is 2.43. The lowest BCUT2D eigenvalue weighted by atomic mass is 10.7. The van der Waals surface area contributed by atoms with Gasteiger partial charge in [-0.1, -0.05) is 6.58 Å². The van der Waals surface area contributed by atoms with E-state index in [1.807, 2.05) is 0 Å². The maximum atomic E-state index is 4.01. The molecule has 0 aromatic heterocycles. The van der Waals surface area contributed by atoms with E-state index in [4.69, 9.17) is 0 Å². The second-order valence-electron chi connectivity index (χ2n) is 0.740. The van der Waals surface area contributed by atoms with Gasteiger partial charge in [0.25, 0.3) is 0 Å². The number of hydrogen-bond acceptors (Lipinski definition) is 1. The Hall–Kier alpha value is 1.31. The summed E-state index contributed by atoms with van der Waals surface area (Å²) in [6.07, 6.45) is 0.946. The predicted molar refractivity (Wildman–Crippen MR) is 47.6 cm³/mol. The van der Waals surface area contributed by atoms with Gasteiger partial charge in [0.2, 0.25) is 6.28 Å². The van der Waals surface area contributed by atoms with E-state index in [0.29, 0.717) is 0 Å². The molecule has 1 atom stereocenters. The molecule has 0 bridgehead atoms. The molecular formula is C2H5BIPS. The van der Waals surface area contributed by atoms with Crippen molar-refractivity contribution in [2.24, 2.45) is 0 Å². The van der Waals surface area contributed by atoms with Gasteiger partial charge in [0.05, 0.1) is 0 Å². The van der Waals surface area contributed by atoms with Gasteiger partial charge in [-0.25, -0.2) is 12.5 Å². The van der Waals surface area contributed by atoms with Crippen molar-refractivity contribution in [3.63, 3.8) is 0 Å². The molecule has 0 aliphatic carbocycles. The number of thiol groups is 1. The predicted octanol–water partition coefficient (Wildman–Crippen LogP) is 1.77. The molecule has 0 aliphatic rings. The first-order valence-corrected chi connectivity index (χ1v) is 4.38. The van der Waals surface area contributed by atoms with Gasteiger partial charge in [0, 0.05) is 0 Å². The molecule has 34 valence electrons. The quantitative estimate of drug-likeness (QED) is 0.317. The Kier molecular flexibility index (Phi) is 5.45. The zero-order valence-electron chi connectivity index (χ0n) is 3.24. The second-order valence-corrected chi connectivity index (χ2v) is 5.28. The van der Waals surface area contributed by atoms with Crippen LogP contribution in [-0.2, 0) is 0 Å². The zero-order chi connectivity index (χ0) is 4.99. The van der Waals surface area contributed by atoms with Crippen molar-refractivity contribution in [3.8, 4) is 0 Å². The molecule has 0 aromatic rings. The Morgan fingerprint density at radius 2 is 2.50 bits per heavy atom. The van der Waals surface area contributed by atoms with Crippen molar-refractivity contribution in [1.82, 2.24) is 0 Å². The molecule has 0 N–H and O–H groups in total. The highest BCUT2D eigenvalue weighted by Gasteiger charge is 1.81. The Morgan fingerprint density at radius 3 is 2.50 bits per heavy atom. The highest BCUT2D eigenvalue weighted by Crippen LogP contribution is 2.25. The van der Waals surface area contributed by atoms with Gasteiger partial charge in [-0.3, -0.25) is 0 Å². The molecule has 6 heavy (non-hydrogen) atoms. The van der Waals surface area contributed by atoms with Crippen LogP contribution in [0.15, 0.2) is 9.90 Å². The van der Waals surface area contributed by atoms with Crippen LogP contribution in [0, 0.1) is 0 Å². The van der Waals surface area contributed by atoms with Crippen LogP contribution < -0.4 is 0 Å². The monoisotopic (exact) mass is 230 g/mol. The fourth-order valence-electron chi connectivity index (χ4n) is 0.0858. The van der Waals surface area contributed by atoms with E-state index in [9.17, 15) is 0 Å². The largest absolute Gasteiger partial charge is 0.225 e. The van der Waals surface area contributed by atoms with Crippen LogP contribution in [0.4, 0.5) is 0 Å². The van der Waals surface area contributed by atoms with Gasteiger partial charge < -0.3 is 0 Å². The summed E-state index contributed by atoms with van der Waals surface area (Å²) in [6, 6.07) is 0. The highest BCUT2D eigenvalue weighted by atomic mass is 127. The van der Waals surface area contributed by atoms with E-state index >= 15 is 0 Å². The fraction of sp³-hybridized carbons (Fsp3) is 0. The van der Waals surface area contributed by atoms with Crippen LogP contribution in [-0.4, -0.2) is 6.28 Å². The smallest absolute Gasteiger partial charge is 0.217 e. The lowest BCUT2D eigenvalue weighted by molar-refractivity contribution is 2.62. The lowest BCUT2D eigenvalue weighted by Crippen LogP contribution is -1.55. The first-order valence-electron chi connectivity index (χ1n) is 1.46. The van der Waals surface area contributed by atoms with Crippen LogP contribution >= 0.6 is 43.5 Å². The Labute approximate surface area is 59.6 Å². The molecule has 0 aliphatic heterocycles. The fourth-order valence-corrected chi connectivity index (χ4v) is 2.31. The molecule has 0 nitrogen and oxygen atoms in total. The Balaban J connectivity index is 2.83. The summed E-state index contributed by atoms with van der Waals surface area (Å²) < 4.78 is 1.21. The number of halogens is 1. The van der Waals surface area contributed by atoms with E-state index in [1.165, 1.54) is 3.32 Å². The Bertz CT molecular complexity index is 57.5. The van der Waals surface area contributed by atoms with Crippen LogP contribution in [0.5, 0.6) is 0 Å². The van der Waals surface area contributed by atoms with Crippen molar-refractivity contribution in [2.45, 2.75) is 0 Å². The summed E-state index contributed by atoms with van der Waals surface area (Å²) in [4.78, 5) is 0. The average Bonchev–Trinajstić information content (AvgIpc) is 1.35. The Morgan fingerprint density at radius 1 is 2.00 bits per heavy atom. The molecule has 0 amide bonds. The molecule has 0 heterocycles. The van der Waals surface area contributed by atoms with Gasteiger partial charge >= 0.3 is 0 Å². The minimum Gasteiger partial charge on any atom is -0.225 e. The minimum atomic E-state index is 0.828. The summed E-state index contributed by atoms with van der Waals surface area (Å²) >= 11 is 6.22. The van der Waals surface area contributed by atoms with E-state index in [2.05, 4.69) is 41.6 Å². The van der Waals surface area contributed by atoms with E-state index in [0.717, 1.165) is 14.7 Å². The molecule has 0 aromatic carbocycles. The molecule has 0 saturated heterocycles. The normalized spacial score (nSPS) is 9.67. The maximum absolute atomic E-state index is 4.01. The van der Waals surface area contributed by atoms with Crippen molar-refractivity contribution < 1.29 is 0 Å². The van der Waals surface area contributed by atoms with Gasteiger partial charge in [-0.2, -0.15) is 0 Å². The summed E-state index contributed by atoms with van der Waals surface area (Å²) in [5, 5.41) is 0. The van der Waals surface area contributed by atoms with Crippen LogP contribution in [0.1, 0.15) is 0 Å². The lowest BCUT2D eigenvalue weighted by Gasteiger charge is -1.83. The van der Waals surface area contributed by atoms with Crippen molar-refractivity contribution in [1.29, 1.82) is 0 Å². The van der Waals surface area contributed by atoms with Crippen LogP contribution in [0.25, 0.3) is 0 Å². The van der Waals surface area contributed by atoms with Crippen molar-refractivity contribution in [2.75, 3.05) is 0 Å². The number of rotatable bonds is 2. The van der Waals surface area contributed by atoms with Gasteiger partial charge in [-0.15, -0.1) is 8.46 Å². The van der Waals surface area contributed by atoms with Crippen molar-refractivity contribution >= 4 is 49.8 Å². The second kappa shape index (κ2) is 4.47. The van der Waals surface area contributed by atoms with Crippen molar-refractivity contribution in [3.05, 3.63) is 9.90 Å². The van der Waals surface area contributed by atoms with E-state index in [1.54, 1.807) is 0 Å². The molecule has 0 spiro atoms. The first kappa shape index (κ1) is 7.31. The summed E-state index contributed by atoms with van der Waals surface area (Å²) in [7, 11) is 0.828. The van der Waals surface area contributed by atoms with Crippen LogP contribution in [0.3, 0.4) is 0 Å². The molecule has 0 rings (SSSR count). The van der Waals surface area contributed by atoms with Gasteiger partial charge in [-0.05, 0) is 25.9 Å². The SMILES string of the molecule is C=C(I)PBS. The summed E-state index contributed by atoms with van der Waals surface area (Å²) in [5.41, 5.74) is 0. The summed E-state index contributed by atoms with van der Waals surface area (Å²) in [5.74, 6) is 0. The molecule has 0 fully saturated rings. The van der Waals surface area contributed by atoms with E-state index in [-0.39, 0.29) is 0 Å². The summed E-state index contributed by atoms with van der Waals surface area (Å²) in [6.45, 7) is 3.69. The minimum absolute atomic E-state index is 0.828. The zero-order valence-corrected chi connectivity index (χ0v) is 7.29.